The Bertz CT molecular complexity index is 603. The topological polar surface area (TPSA) is 70.2 Å². The molecular formula is C10H6BrNO3. The molecule has 2 aromatic rings. The summed E-state index contributed by atoms with van der Waals surface area (Å²) in [5.74, 6) is -1.22. The number of hydrogen-bond acceptors (Lipinski definition) is 2. The second-order valence-electron chi connectivity index (χ2n) is 3.05. The van der Waals surface area contributed by atoms with Gasteiger partial charge in [0.05, 0.1) is 0 Å². The molecule has 5 heteroatoms. The number of hydrogen-bond donors (Lipinski definition) is 2. The van der Waals surface area contributed by atoms with E-state index in [-0.39, 0.29) is 5.56 Å². The number of benzene rings is 1. The van der Waals surface area contributed by atoms with Crippen molar-refractivity contribution in [2.24, 2.45) is 0 Å². The van der Waals surface area contributed by atoms with E-state index in [4.69, 9.17) is 5.11 Å². The van der Waals surface area contributed by atoms with Gasteiger partial charge >= 0.3 is 5.97 Å². The van der Waals surface area contributed by atoms with Gasteiger partial charge in [-0.2, -0.15) is 0 Å². The fraction of sp³-hybridized carbons (Fsp3) is 0. The summed E-state index contributed by atoms with van der Waals surface area (Å²) in [6.45, 7) is 0. The highest BCUT2D eigenvalue weighted by molar-refractivity contribution is 9.10. The van der Waals surface area contributed by atoms with E-state index in [9.17, 15) is 9.59 Å². The van der Waals surface area contributed by atoms with Gasteiger partial charge in [0.2, 0.25) is 0 Å². The summed E-state index contributed by atoms with van der Waals surface area (Å²) in [4.78, 5) is 24.5. The Hall–Kier alpha value is -1.62. The molecule has 0 fully saturated rings. The fourth-order valence-corrected chi connectivity index (χ4v) is 1.72. The molecule has 0 amide bonds. The summed E-state index contributed by atoms with van der Waals surface area (Å²) in [7, 11) is 0. The Morgan fingerprint density at radius 2 is 2.07 bits per heavy atom. The zero-order valence-electron chi connectivity index (χ0n) is 7.45. The van der Waals surface area contributed by atoms with Crippen LogP contribution in [0, 0.1) is 0 Å². The second-order valence-corrected chi connectivity index (χ2v) is 3.96. The van der Waals surface area contributed by atoms with Gasteiger partial charge in [0.25, 0.3) is 5.56 Å². The normalized spacial score (nSPS) is 10.5. The number of aromatic carboxylic acids is 1. The Morgan fingerprint density at radius 1 is 1.33 bits per heavy atom. The lowest BCUT2D eigenvalue weighted by Crippen LogP contribution is -2.16. The van der Waals surface area contributed by atoms with Crippen molar-refractivity contribution in [2.75, 3.05) is 0 Å². The average molecular weight is 268 g/mol. The van der Waals surface area contributed by atoms with Crippen molar-refractivity contribution < 1.29 is 9.90 Å². The third kappa shape index (κ3) is 1.78. The van der Waals surface area contributed by atoms with Crippen molar-refractivity contribution >= 4 is 32.8 Å². The zero-order valence-corrected chi connectivity index (χ0v) is 9.04. The molecule has 0 unspecified atom stereocenters. The predicted molar refractivity (Wildman–Crippen MR) is 59.2 cm³/mol. The van der Waals surface area contributed by atoms with Crippen LogP contribution in [0.2, 0.25) is 0 Å². The molecule has 0 aliphatic heterocycles. The molecule has 0 aliphatic rings. The lowest BCUT2D eigenvalue weighted by atomic mass is 10.1. The van der Waals surface area contributed by atoms with E-state index in [1.807, 2.05) is 0 Å². The zero-order chi connectivity index (χ0) is 11.0. The molecule has 0 atom stereocenters. The van der Waals surface area contributed by atoms with Crippen LogP contribution in [0.4, 0.5) is 0 Å². The molecule has 2 N–H and O–H groups in total. The quantitative estimate of drug-likeness (QED) is 0.830. The maximum absolute atomic E-state index is 11.3. The first-order chi connectivity index (χ1) is 7.08. The van der Waals surface area contributed by atoms with Crippen LogP contribution in [0.15, 0.2) is 33.5 Å². The van der Waals surface area contributed by atoms with Crippen LogP contribution in [0.5, 0.6) is 0 Å². The summed E-state index contributed by atoms with van der Waals surface area (Å²) in [5, 5.41) is 9.44. The second kappa shape index (κ2) is 3.51. The minimum atomic E-state index is -1.22. The van der Waals surface area contributed by atoms with Crippen LogP contribution in [0.3, 0.4) is 0 Å². The molecule has 2 rings (SSSR count). The van der Waals surface area contributed by atoms with E-state index < -0.39 is 11.5 Å². The van der Waals surface area contributed by atoms with Crippen molar-refractivity contribution in [2.45, 2.75) is 0 Å². The van der Waals surface area contributed by atoms with Gasteiger partial charge in [-0.25, -0.2) is 4.79 Å². The van der Waals surface area contributed by atoms with Crippen LogP contribution < -0.4 is 5.56 Å². The average Bonchev–Trinajstić information content (AvgIpc) is 2.17. The maximum atomic E-state index is 11.3. The Balaban J connectivity index is 2.83. The Morgan fingerprint density at radius 3 is 2.73 bits per heavy atom. The molecule has 1 heterocycles. The number of halogens is 1. The first-order valence-electron chi connectivity index (χ1n) is 4.14. The van der Waals surface area contributed by atoms with Gasteiger partial charge in [-0.05, 0) is 24.3 Å². The van der Waals surface area contributed by atoms with Crippen molar-refractivity contribution in [3.05, 3.63) is 44.7 Å². The van der Waals surface area contributed by atoms with E-state index in [1.54, 1.807) is 18.2 Å². The third-order valence-corrected chi connectivity index (χ3v) is 2.53. The fourth-order valence-electron chi connectivity index (χ4n) is 1.34. The monoisotopic (exact) mass is 267 g/mol. The summed E-state index contributed by atoms with van der Waals surface area (Å²) in [5.41, 5.74) is -0.217. The molecule has 4 nitrogen and oxygen atoms in total. The molecular weight excluding hydrogens is 262 g/mol. The number of aromatic nitrogens is 1. The third-order valence-electron chi connectivity index (χ3n) is 2.04. The minimum Gasteiger partial charge on any atom is -0.477 e. The van der Waals surface area contributed by atoms with Crippen molar-refractivity contribution in [1.82, 2.24) is 4.98 Å². The number of fused-ring (bicyclic) bond motifs is 1. The molecule has 15 heavy (non-hydrogen) atoms. The number of carboxylic acid groups (broad SMARTS) is 1. The standard InChI is InChI=1S/C10H6BrNO3/c11-6-1-2-8-5(3-6)4-7(10(14)15)9(13)12-8/h1-4H,(H,12,13)(H,14,15). The highest BCUT2D eigenvalue weighted by Crippen LogP contribution is 2.17. The van der Waals surface area contributed by atoms with Gasteiger partial charge in [-0.15, -0.1) is 0 Å². The molecule has 0 saturated carbocycles. The van der Waals surface area contributed by atoms with Gasteiger partial charge in [-0.3, -0.25) is 4.79 Å². The van der Waals surface area contributed by atoms with Crippen LogP contribution in [0.1, 0.15) is 10.4 Å². The number of carboxylic acids is 1. The number of carbonyl (C=O) groups is 1. The first kappa shape index (κ1) is 9.92. The number of aromatic amines is 1. The molecule has 76 valence electrons. The molecule has 0 aliphatic carbocycles. The lowest BCUT2D eigenvalue weighted by Gasteiger charge is -2.00. The number of nitrogens with one attached hydrogen (secondary N) is 1. The van der Waals surface area contributed by atoms with Crippen molar-refractivity contribution in [1.29, 1.82) is 0 Å². The van der Waals surface area contributed by atoms with Gasteiger partial charge in [0, 0.05) is 15.4 Å². The smallest absolute Gasteiger partial charge is 0.341 e. The number of H-pyrrole nitrogens is 1. The summed E-state index contributed by atoms with van der Waals surface area (Å²) in [6, 6.07) is 6.60. The summed E-state index contributed by atoms with van der Waals surface area (Å²) >= 11 is 3.27. The number of pyridine rings is 1. The SMILES string of the molecule is O=C(O)c1cc2cc(Br)ccc2[nH]c1=O. The van der Waals surface area contributed by atoms with Gasteiger partial charge in [-0.1, -0.05) is 15.9 Å². The van der Waals surface area contributed by atoms with Crippen LogP contribution in [0.25, 0.3) is 10.9 Å². The largest absolute Gasteiger partial charge is 0.477 e. The summed E-state index contributed by atoms with van der Waals surface area (Å²) in [6.07, 6.45) is 0. The lowest BCUT2D eigenvalue weighted by molar-refractivity contribution is 0.0695. The highest BCUT2D eigenvalue weighted by atomic mass is 79.9. The van der Waals surface area contributed by atoms with Crippen LogP contribution >= 0.6 is 15.9 Å². The predicted octanol–water partition coefficient (Wildman–Crippen LogP) is 1.99. The molecule has 0 radical (unpaired) electrons. The van der Waals surface area contributed by atoms with Crippen molar-refractivity contribution in [3.8, 4) is 0 Å². The first-order valence-corrected chi connectivity index (χ1v) is 4.93. The summed E-state index contributed by atoms with van der Waals surface area (Å²) < 4.78 is 0.832. The molecule has 1 aromatic heterocycles. The van der Waals surface area contributed by atoms with Crippen molar-refractivity contribution in [3.63, 3.8) is 0 Å². The Labute approximate surface area is 92.7 Å². The molecule has 1 aromatic carbocycles. The van der Waals surface area contributed by atoms with Gasteiger partial charge in [0.15, 0.2) is 0 Å². The van der Waals surface area contributed by atoms with Crippen LogP contribution in [-0.2, 0) is 0 Å². The van der Waals surface area contributed by atoms with E-state index in [1.165, 1.54) is 6.07 Å². The van der Waals surface area contributed by atoms with E-state index in [0.29, 0.717) is 10.9 Å². The van der Waals surface area contributed by atoms with E-state index >= 15 is 0 Å². The molecule has 0 spiro atoms. The molecule has 0 saturated heterocycles. The van der Waals surface area contributed by atoms with Gasteiger partial charge < -0.3 is 10.1 Å². The molecule has 0 bridgehead atoms. The number of rotatable bonds is 1. The van der Waals surface area contributed by atoms with Gasteiger partial charge in [0.1, 0.15) is 5.56 Å². The Kier molecular flexibility index (Phi) is 2.32. The van der Waals surface area contributed by atoms with E-state index in [0.717, 1.165) is 4.47 Å². The highest BCUT2D eigenvalue weighted by Gasteiger charge is 2.09. The van der Waals surface area contributed by atoms with Crippen LogP contribution in [-0.4, -0.2) is 16.1 Å². The minimum absolute atomic E-state index is 0.249. The van der Waals surface area contributed by atoms with E-state index in [2.05, 4.69) is 20.9 Å². The maximum Gasteiger partial charge on any atom is 0.341 e.